The van der Waals surface area contributed by atoms with Crippen LogP contribution in [0.1, 0.15) is 31.7 Å². The number of benzene rings is 1. The van der Waals surface area contributed by atoms with E-state index in [-0.39, 0.29) is 22.6 Å². The van der Waals surface area contributed by atoms with Crippen molar-refractivity contribution in [3.05, 3.63) is 52.9 Å². The molecule has 206 valence electrons. The van der Waals surface area contributed by atoms with Crippen LogP contribution in [0.3, 0.4) is 0 Å². The number of pyridine rings is 1. The van der Waals surface area contributed by atoms with Gasteiger partial charge in [0.25, 0.3) is 0 Å². The zero-order valence-corrected chi connectivity index (χ0v) is 24.0. The number of hydrogen-bond donors (Lipinski definition) is 1. The molecule has 0 unspecified atom stereocenters. The van der Waals surface area contributed by atoms with Gasteiger partial charge in [-0.1, -0.05) is 48.9 Å². The molecule has 1 aliphatic rings. The molecule has 0 bridgehead atoms. The Kier molecular flexibility index (Phi) is 8.32. The van der Waals surface area contributed by atoms with Gasteiger partial charge in [-0.3, -0.25) is 4.31 Å². The molecule has 0 spiro atoms. The molecule has 4 rings (SSSR count). The molecule has 1 aromatic carbocycles. The van der Waals surface area contributed by atoms with Crippen LogP contribution in [-0.2, 0) is 26.7 Å². The van der Waals surface area contributed by atoms with Gasteiger partial charge in [0.2, 0.25) is 21.8 Å². The third kappa shape index (κ3) is 6.45. The van der Waals surface area contributed by atoms with Gasteiger partial charge in [-0.05, 0) is 43.2 Å². The maximum Gasteiger partial charge on any atom is 0.249 e. The second-order valence-electron chi connectivity index (χ2n) is 10.3. The number of nitrogens with two attached hydrogens (primary N) is 1. The number of hydrogen-bond acceptors (Lipinski definition) is 9. The molecule has 1 fully saturated rings. The molecule has 3 atom stereocenters. The fourth-order valence-corrected chi connectivity index (χ4v) is 5.08. The first-order chi connectivity index (χ1) is 17.9. The topological polar surface area (TPSA) is 128 Å². The Bertz CT molecular complexity index is 1370. The summed E-state index contributed by atoms with van der Waals surface area (Å²) in [6, 6.07) is 11.6. The molecule has 1 aliphatic carbocycles. The van der Waals surface area contributed by atoms with Crippen molar-refractivity contribution < 1.29 is 17.6 Å². The second-order valence-corrected chi connectivity index (χ2v) is 12.7. The molecule has 2 aromatic heterocycles. The molecule has 38 heavy (non-hydrogen) atoms. The van der Waals surface area contributed by atoms with Gasteiger partial charge < -0.3 is 19.8 Å². The molecule has 0 aliphatic heterocycles. The third-order valence-corrected chi connectivity index (χ3v) is 8.44. The van der Waals surface area contributed by atoms with E-state index in [0.717, 1.165) is 29.1 Å². The fourth-order valence-electron chi connectivity index (χ4n) is 4.28. The van der Waals surface area contributed by atoms with Crippen molar-refractivity contribution in [3.8, 4) is 11.5 Å². The Labute approximate surface area is 229 Å². The number of nitrogens with zero attached hydrogens (tertiary/aromatic N) is 5. The molecule has 0 amide bonds. The quantitative estimate of drug-likeness (QED) is 0.351. The van der Waals surface area contributed by atoms with Crippen LogP contribution in [-0.4, -0.2) is 63.7 Å². The molecular weight excluding hydrogens is 528 g/mol. The number of methoxy groups -OCH3 is 1. The average Bonchev–Trinajstić information content (AvgIpc) is 3.33. The summed E-state index contributed by atoms with van der Waals surface area (Å²) in [7, 11) is -0.600. The number of ether oxygens (including phenoxy) is 1. The van der Waals surface area contributed by atoms with E-state index in [2.05, 4.69) is 27.0 Å². The number of aromatic nitrogens is 3. The normalized spacial score (nSPS) is 18.7. The standard InChI is InChI=1S/C26H35ClN6O4S/c1-17-13-19(17)16-33(11-12-36-4)21-14-20(22(27)23(29-21)32(3)38(5,34)35)24-30-31-25(37-24)26(2,28)15-18-9-7-6-8-10-18/h6-10,14,17,19H,11-13,15-16,28H2,1-5H3/t17-,19+,26-/m1/s1. The van der Waals surface area contributed by atoms with Gasteiger partial charge in [-0.2, -0.15) is 0 Å². The van der Waals surface area contributed by atoms with E-state index in [1.807, 2.05) is 37.3 Å². The molecule has 10 nitrogen and oxygen atoms in total. The monoisotopic (exact) mass is 562 g/mol. The van der Waals surface area contributed by atoms with Crippen molar-refractivity contribution >= 4 is 33.3 Å². The maximum absolute atomic E-state index is 12.5. The summed E-state index contributed by atoms with van der Waals surface area (Å²) >= 11 is 6.75. The lowest BCUT2D eigenvalue weighted by molar-refractivity contribution is 0.204. The van der Waals surface area contributed by atoms with Crippen LogP contribution in [0.25, 0.3) is 11.5 Å². The average molecular weight is 563 g/mol. The zero-order chi connectivity index (χ0) is 27.7. The van der Waals surface area contributed by atoms with Crippen LogP contribution in [0.4, 0.5) is 11.6 Å². The Hall–Kier alpha value is -2.73. The van der Waals surface area contributed by atoms with Gasteiger partial charge in [0.05, 0.1) is 29.0 Å². The van der Waals surface area contributed by atoms with Crippen molar-refractivity contribution in [2.45, 2.75) is 32.2 Å². The number of halogens is 1. The van der Waals surface area contributed by atoms with Crippen molar-refractivity contribution in [2.75, 3.05) is 49.3 Å². The zero-order valence-electron chi connectivity index (χ0n) is 22.4. The minimum Gasteiger partial charge on any atom is -0.419 e. The Morgan fingerprint density at radius 3 is 2.55 bits per heavy atom. The Balaban J connectivity index is 1.76. The minimum absolute atomic E-state index is 0.0764. The minimum atomic E-state index is -3.65. The van der Waals surface area contributed by atoms with E-state index in [9.17, 15) is 8.42 Å². The summed E-state index contributed by atoms with van der Waals surface area (Å²) in [5.41, 5.74) is 7.06. The summed E-state index contributed by atoms with van der Waals surface area (Å²) < 4.78 is 37.3. The van der Waals surface area contributed by atoms with E-state index < -0.39 is 15.6 Å². The second kappa shape index (κ2) is 11.2. The van der Waals surface area contributed by atoms with E-state index >= 15 is 0 Å². The van der Waals surface area contributed by atoms with Crippen molar-refractivity contribution in [1.29, 1.82) is 0 Å². The lowest BCUT2D eigenvalue weighted by atomic mass is 9.94. The number of sulfonamides is 1. The fraction of sp³-hybridized carbons (Fsp3) is 0.500. The van der Waals surface area contributed by atoms with Gasteiger partial charge in [0.15, 0.2) is 5.82 Å². The first-order valence-electron chi connectivity index (χ1n) is 12.5. The lowest BCUT2D eigenvalue weighted by Gasteiger charge is -2.26. The van der Waals surface area contributed by atoms with Crippen LogP contribution in [0.5, 0.6) is 0 Å². The molecule has 0 saturated heterocycles. The lowest BCUT2D eigenvalue weighted by Crippen LogP contribution is -2.35. The van der Waals surface area contributed by atoms with Crippen LogP contribution < -0.4 is 14.9 Å². The van der Waals surface area contributed by atoms with Crippen molar-refractivity contribution in [2.24, 2.45) is 17.6 Å². The highest BCUT2D eigenvalue weighted by atomic mass is 35.5. The van der Waals surface area contributed by atoms with Crippen molar-refractivity contribution in [3.63, 3.8) is 0 Å². The van der Waals surface area contributed by atoms with Gasteiger partial charge in [-0.15, -0.1) is 10.2 Å². The first kappa shape index (κ1) is 28.3. The van der Waals surface area contributed by atoms with Crippen LogP contribution >= 0.6 is 11.6 Å². The van der Waals surface area contributed by atoms with E-state index in [1.165, 1.54) is 7.05 Å². The highest BCUT2D eigenvalue weighted by Crippen LogP contribution is 2.41. The van der Waals surface area contributed by atoms with Crippen LogP contribution in [0.15, 0.2) is 40.8 Å². The summed E-state index contributed by atoms with van der Waals surface area (Å²) in [6.07, 6.45) is 2.71. The van der Waals surface area contributed by atoms with Gasteiger partial charge in [0.1, 0.15) is 5.82 Å². The Morgan fingerprint density at radius 1 is 1.26 bits per heavy atom. The predicted molar refractivity (Wildman–Crippen MR) is 149 cm³/mol. The summed E-state index contributed by atoms with van der Waals surface area (Å²) in [5.74, 6) is 2.14. The SMILES string of the molecule is COCCN(C[C@@H]1C[C@H]1C)c1cc(-c2nnc([C@](C)(N)Cc3ccccc3)o2)c(Cl)c(N(C)S(C)(=O)=O)n1. The summed E-state index contributed by atoms with van der Waals surface area (Å²) in [4.78, 5) is 6.75. The van der Waals surface area contributed by atoms with E-state index in [4.69, 9.17) is 26.5 Å². The van der Waals surface area contributed by atoms with Crippen LogP contribution in [0.2, 0.25) is 5.02 Å². The molecule has 12 heteroatoms. The Morgan fingerprint density at radius 2 is 1.95 bits per heavy atom. The third-order valence-electron chi connectivity index (χ3n) is 6.90. The smallest absolute Gasteiger partial charge is 0.249 e. The summed E-state index contributed by atoms with van der Waals surface area (Å²) in [5, 5.41) is 8.56. The van der Waals surface area contributed by atoms with E-state index in [1.54, 1.807) is 13.2 Å². The molecular formula is C26H35ClN6O4S. The molecule has 3 aromatic rings. The largest absolute Gasteiger partial charge is 0.419 e. The first-order valence-corrected chi connectivity index (χ1v) is 14.7. The van der Waals surface area contributed by atoms with Gasteiger partial charge in [0, 0.05) is 27.2 Å². The van der Waals surface area contributed by atoms with Crippen molar-refractivity contribution in [1.82, 2.24) is 15.2 Å². The van der Waals surface area contributed by atoms with Gasteiger partial charge >= 0.3 is 0 Å². The van der Waals surface area contributed by atoms with Gasteiger partial charge in [-0.25, -0.2) is 13.4 Å². The molecule has 0 radical (unpaired) electrons. The highest BCUT2D eigenvalue weighted by molar-refractivity contribution is 7.92. The predicted octanol–water partition coefficient (Wildman–Crippen LogP) is 3.71. The highest BCUT2D eigenvalue weighted by Gasteiger charge is 2.35. The molecule has 2 heterocycles. The van der Waals surface area contributed by atoms with E-state index in [0.29, 0.717) is 42.8 Å². The number of rotatable bonds is 12. The van der Waals surface area contributed by atoms with Crippen LogP contribution in [0, 0.1) is 11.8 Å². The number of anilines is 2. The molecule has 2 N–H and O–H groups in total. The summed E-state index contributed by atoms with van der Waals surface area (Å²) in [6.45, 7) is 5.84. The molecule has 1 saturated carbocycles. The maximum atomic E-state index is 12.5.